The normalized spacial score (nSPS) is 14.7. The molecule has 1 saturated heterocycles. The van der Waals surface area contributed by atoms with Crippen molar-refractivity contribution in [1.29, 1.82) is 0 Å². The number of anilines is 1. The van der Waals surface area contributed by atoms with Crippen LogP contribution in [0.5, 0.6) is 0 Å². The highest BCUT2D eigenvalue weighted by atomic mass is 19.4. The fourth-order valence-corrected chi connectivity index (χ4v) is 3.52. The van der Waals surface area contributed by atoms with Crippen molar-refractivity contribution in [2.75, 3.05) is 37.7 Å². The second kappa shape index (κ2) is 8.37. The molecule has 0 spiro atoms. The Kier molecular flexibility index (Phi) is 6.04. The van der Waals surface area contributed by atoms with Gasteiger partial charge in [0, 0.05) is 38.1 Å². The van der Waals surface area contributed by atoms with E-state index < -0.39 is 17.7 Å². The number of ether oxygens (including phenoxy) is 1. The zero-order valence-corrected chi connectivity index (χ0v) is 17.0. The number of esters is 1. The van der Waals surface area contributed by atoms with E-state index in [1.54, 1.807) is 25.7 Å². The van der Waals surface area contributed by atoms with Crippen molar-refractivity contribution in [2.24, 2.45) is 0 Å². The number of amides is 1. The van der Waals surface area contributed by atoms with Crippen LogP contribution in [0.4, 0.5) is 19.0 Å². The zero-order valence-electron chi connectivity index (χ0n) is 17.0. The number of halogens is 3. The average Bonchev–Trinajstić information content (AvgIpc) is 3.01. The molecule has 1 amide bonds. The van der Waals surface area contributed by atoms with Crippen molar-refractivity contribution >= 4 is 17.7 Å². The van der Waals surface area contributed by atoms with Gasteiger partial charge in [-0.2, -0.15) is 13.2 Å². The molecule has 1 aliphatic heterocycles. The number of carbonyl (C=O) groups excluding carboxylic acids is 2. The molecule has 0 saturated carbocycles. The van der Waals surface area contributed by atoms with E-state index in [-0.39, 0.29) is 18.2 Å². The number of hydrogen-bond donors (Lipinski definition) is 1. The number of nitrogens with zero attached hydrogens (tertiary/aromatic N) is 3. The molecule has 1 fully saturated rings. The topological polar surface area (TPSA) is 78.5 Å². The van der Waals surface area contributed by atoms with Gasteiger partial charge in [-0.3, -0.25) is 4.79 Å². The SMILES string of the molecule is CCOC(=O)c1[nH]c(C)c(C(=O)N2CCN(c3ccc(C(F)(F)F)cn3)CC2)c1C. The molecule has 0 aromatic carbocycles. The fraction of sp³-hybridized carbons (Fsp3) is 0.450. The van der Waals surface area contributed by atoms with E-state index in [4.69, 9.17) is 4.74 Å². The number of nitrogens with one attached hydrogen (secondary N) is 1. The van der Waals surface area contributed by atoms with E-state index in [1.165, 1.54) is 6.07 Å². The zero-order chi connectivity index (χ0) is 22.1. The molecule has 30 heavy (non-hydrogen) atoms. The van der Waals surface area contributed by atoms with Crippen LogP contribution in [0.25, 0.3) is 0 Å². The van der Waals surface area contributed by atoms with Gasteiger partial charge in [-0.1, -0.05) is 0 Å². The smallest absolute Gasteiger partial charge is 0.417 e. The molecule has 7 nitrogen and oxygen atoms in total. The Balaban J connectivity index is 1.68. The summed E-state index contributed by atoms with van der Waals surface area (Å²) >= 11 is 0. The van der Waals surface area contributed by atoms with Gasteiger partial charge in [0.15, 0.2) is 0 Å². The number of carbonyl (C=O) groups is 2. The number of H-pyrrole nitrogens is 1. The number of piperazine rings is 1. The van der Waals surface area contributed by atoms with Gasteiger partial charge in [0.25, 0.3) is 5.91 Å². The lowest BCUT2D eigenvalue weighted by atomic mass is 10.1. The van der Waals surface area contributed by atoms with Crippen molar-refractivity contribution in [3.05, 3.63) is 46.4 Å². The third-order valence-corrected chi connectivity index (χ3v) is 5.10. The molecule has 162 valence electrons. The molecule has 0 unspecified atom stereocenters. The van der Waals surface area contributed by atoms with Crippen LogP contribution in [0.3, 0.4) is 0 Å². The first-order chi connectivity index (χ1) is 14.1. The molecule has 3 heterocycles. The second-order valence-electron chi connectivity index (χ2n) is 7.03. The molecular formula is C20H23F3N4O3. The van der Waals surface area contributed by atoms with Crippen LogP contribution in [0, 0.1) is 13.8 Å². The van der Waals surface area contributed by atoms with Gasteiger partial charge in [-0.05, 0) is 38.5 Å². The molecule has 2 aromatic rings. The summed E-state index contributed by atoms with van der Waals surface area (Å²) in [4.78, 5) is 35.4. The predicted octanol–water partition coefficient (Wildman–Crippen LogP) is 3.18. The van der Waals surface area contributed by atoms with Crippen LogP contribution in [0.1, 0.15) is 44.6 Å². The molecule has 1 aliphatic rings. The van der Waals surface area contributed by atoms with Crippen LogP contribution in [-0.4, -0.2) is 59.5 Å². The van der Waals surface area contributed by atoms with Crippen LogP contribution >= 0.6 is 0 Å². The van der Waals surface area contributed by atoms with E-state index in [1.807, 2.05) is 4.90 Å². The minimum Gasteiger partial charge on any atom is -0.461 e. The van der Waals surface area contributed by atoms with Crippen molar-refractivity contribution in [2.45, 2.75) is 26.9 Å². The summed E-state index contributed by atoms with van der Waals surface area (Å²) in [7, 11) is 0. The number of rotatable bonds is 4. The van der Waals surface area contributed by atoms with Gasteiger partial charge >= 0.3 is 12.1 Å². The number of aromatic nitrogens is 2. The Hall–Kier alpha value is -3.04. The maximum absolute atomic E-state index is 13.0. The first-order valence-electron chi connectivity index (χ1n) is 9.57. The minimum absolute atomic E-state index is 0.197. The largest absolute Gasteiger partial charge is 0.461 e. The molecule has 0 bridgehead atoms. The van der Waals surface area contributed by atoms with Gasteiger partial charge < -0.3 is 19.5 Å². The molecule has 0 aliphatic carbocycles. The highest BCUT2D eigenvalue weighted by molar-refractivity contribution is 6.01. The maximum Gasteiger partial charge on any atom is 0.417 e. The lowest BCUT2D eigenvalue weighted by Gasteiger charge is -2.35. The van der Waals surface area contributed by atoms with Gasteiger partial charge in [-0.25, -0.2) is 9.78 Å². The monoisotopic (exact) mass is 424 g/mol. The third-order valence-electron chi connectivity index (χ3n) is 5.10. The maximum atomic E-state index is 13.0. The molecule has 2 aromatic heterocycles. The quantitative estimate of drug-likeness (QED) is 0.763. The van der Waals surface area contributed by atoms with E-state index in [9.17, 15) is 22.8 Å². The summed E-state index contributed by atoms with van der Waals surface area (Å²) in [6.07, 6.45) is -3.61. The fourth-order valence-electron chi connectivity index (χ4n) is 3.52. The van der Waals surface area contributed by atoms with Crippen molar-refractivity contribution in [3.8, 4) is 0 Å². The Morgan fingerprint density at radius 1 is 1.17 bits per heavy atom. The second-order valence-corrected chi connectivity index (χ2v) is 7.03. The summed E-state index contributed by atoms with van der Waals surface area (Å²) in [5, 5.41) is 0. The highest BCUT2D eigenvalue weighted by Gasteiger charge is 2.32. The van der Waals surface area contributed by atoms with Gasteiger partial charge in [0.2, 0.25) is 0 Å². The first-order valence-corrected chi connectivity index (χ1v) is 9.57. The Morgan fingerprint density at radius 2 is 1.83 bits per heavy atom. The van der Waals surface area contributed by atoms with Crippen LogP contribution in [-0.2, 0) is 10.9 Å². The van der Waals surface area contributed by atoms with Crippen LogP contribution < -0.4 is 4.90 Å². The van der Waals surface area contributed by atoms with Crippen LogP contribution in [0.15, 0.2) is 18.3 Å². The van der Waals surface area contributed by atoms with E-state index in [0.717, 1.165) is 12.3 Å². The third kappa shape index (κ3) is 4.27. The lowest BCUT2D eigenvalue weighted by molar-refractivity contribution is -0.137. The van der Waals surface area contributed by atoms with Crippen molar-refractivity contribution in [3.63, 3.8) is 0 Å². The number of aromatic amines is 1. The average molecular weight is 424 g/mol. The number of pyridine rings is 1. The molecule has 10 heteroatoms. The van der Waals surface area contributed by atoms with Crippen molar-refractivity contribution in [1.82, 2.24) is 14.9 Å². The first kappa shape index (κ1) is 21.7. The van der Waals surface area contributed by atoms with E-state index in [0.29, 0.717) is 48.8 Å². The van der Waals surface area contributed by atoms with Gasteiger partial charge in [0.1, 0.15) is 11.5 Å². The molecule has 0 radical (unpaired) electrons. The molecule has 3 rings (SSSR count). The summed E-state index contributed by atoms with van der Waals surface area (Å²) in [6, 6.07) is 2.34. The lowest BCUT2D eigenvalue weighted by Crippen LogP contribution is -2.49. The summed E-state index contributed by atoms with van der Waals surface area (Å²) < 4.78 is 43.1. The molecular weight excluding hydrogens is 401 g/mol. The summed E-state index contributed by atoms with van der Waals surface area (Å²) in [5.74, 6) is -0.263. The number of aryl methyl sites for hydroxylation is 1. The van der Waals surface area contributed by atoms with Gasteiger partial charge in [0.05, 0.1) is 17.7 Å². The minimum atomic E-state index is -4.43. The van der Waals surface area contributed by atoms with Crippen LogP contribution in [0.2, 0.25) is 0 Å². The number of hydrogen-bond acceptors (Lipinski definition) is 5. The van der Waals surface area contributed by atoms with E-state index >= 15 is 0 Å². The van der Waals surface area contributed by atoms with E-state index in [2.05, 4.69) is 9.97 Å². The summed E-state index contributed by atoms with van der Waals surface area (Å²) in [5.41, 5.74) is 1.05. The molecule has 1 N–H and O–H groups in total. The standard InChI is InChI=1S/C20H23F3N4O3/c1-4-30-19(29)17-12(2)16(13(3)25-17)18(28)27-9-7-26(8-10-27)15-6-5-14(11-24-15)20(21,22)23/h5-6,11,25H,4,7-10H2,1-3H3. The Bertz CT molecular complexity index is 930. The van der Waals surface area contributed by atoms with Crippen molar-refractivity contribution < 1.29 is 27.5 Å². The highest BCUT2D eigenvalue weighted by Crippen LogP contribution is 2.29. The van der Waals surface area contributed by atoms with Gasteiger partial charge in [-0.15, -0.1) is 0 Å². The Morgan fingerprint density at radius 3 is 2.37 bits per heavy atom. The summed E-state index contributed by atoms with van der Waals surface area (Å²) in [6.45, 7) is 7.03. The molecule has 0 atom stereocenters. The predicted molar refractivity (Wildman–Crippen MR) is 104 cm³/mol. The number of alkyl halides is 3. The Labute approximate surface area is 171 Å².